The van der Waals surface area contributed by atoms with Crippen LogP contribution in [0.25, 0.3) is 22.1 Å². The third-order valence-corrected chi connectivity index (χ3v) is 5.64. The number of rotatable bonds is 5. The number of hydrogen-bond donors (Lipinski definition) is 0. The van der Waals surface area contributed by atoms with Gasteiger partial charge in [0.05, 0.1) is 6.33 Å². The molecule has 1 amide bonds. The molecule has 1 atom stereocenters. The van der Waals surface area contributed by atoms with Crippen molar-refractivity contribution in [3.05, 3.63) is 76.8 Å². The number of likely N-dealkylation sites (tertiary alicyclic amines) is 1. The molecule has 0 radical (unpaired) electrons. The lowest BCUT2D eigenvalue weighted by molar-refractivity contribution is -0.161. The van der Waals surface area contributed by atoms with E-state index in [0.29, 0.717) is 29.8 Å². The zero-order valence-electron chi connectivity index (χ0n) is 17.3. The van der Waals surface area contributed by atoms with E-state index in [-0.39, 0.29) is 18.0 Å². The first kappa shape index (κ1) is 20.0. The van der Waals surface area contributed by atoms with E-state index in [4.69, 9.17) is 9.15 Å². The summed E-state index contributed by atoms with van der Waals surface area (Å²) in [5, 5.41) is 0.731. The van der Waals surface area contributed by atoms with Crippen molar-refractivity contribution in [2.24, 2.45) is 0 Å². The average Bonchev–Trinajstić information content (AvgIpc) is 3.48. The van der Waals surface area contributed by atoms with E-state index in [0.717, 1.165) is 22.8 Å². The molecule has 32 heavy (non-hydrogen) atoms. The van der Waals surface area contributed by atoms with Crippen molar-refractivity contribution in [1.29, 1.82) is 0 Å². The van der Waals surface area contributed by atoms with E-state index < -0.39 is 17.6 Å². The van der Waals surface area contributed by atoms with Crippen LogP contribution in [0.15, 0.2) is 70.1 Å². The quantitative estimate of drug-likeness (QED) is 0.451. The molecule has 0 N–H and O–H groups in total. The number of aromatic nitrogens is 2. The van der Waals surface area contributed by atoms with E-state index in [2.05, 4.69) is 4.98 Å². The molecule has 0 bridgehead atoms. The number of amides is 1. The van der Waals surface area contributed by atoms with E-state index >= 15 is 0 Å². The summed E-state index contributed by atoms with van der Waals surface area (Å²) < 4.78 is 12.4. The Labute approximate surface area is 183 Å². The van der Waals surface area contributed by atoms with E-state index in [9.17, 15) is 14.4 Å². The SMILES string of the molecule is O=C(Cn1cnc2c(oc3ccccc32)c1=O)O[C@H](C(=O)N1CCCC1)c1ccccc1. The van der Waals surface area contributed by atoms with Crippen LogP contribution in [0.4, 0.5) is 0 Å². The molecule has 8 heteroatoms. The van der Waals surface area contributed by atoms with Gasteiger partial charge in [-0.25, -0.2) is 4.98 Å². The van der Waals surface area contributed by atoms with Crippen LogP contribution < -0.4 is 5.56 Å². The second-order valence-electron chi connectivity index (χ2n) is 7.77. The van der Waals surface area contributed by atoms with Gasteiger partial charge in [-0.15, -0.1) is 0 Å². The van der Waals surface area contributed by atoms with Crippen molar-refractivity contribution in [1.82, 2.24) is 14.5 Å². The minimum absolute atomic E-state index is 0.0780. The summed E-state index contributed by atoms with van der Waals surface area (Å²) in [4.78, 5) is 44.7. The smallest absolute Gasteiger partial charge is 0.327 e. The van der Waals surface area contributed by atoms with Crippen LogP contribution in [0.2, 0.25) is 0 Å². The lowest BCUT2D eigenvalue weighted by Gasteiger charge is -2.23. The van der Waals surface area contributed by atoms with Gasteiger partial charge in [-0.1, -0.05) is 42.5 Å². The molecular weight excluding hydrogens is 410 g/mol. The highest BCUT2D eigenvalue weighted by atomic mass is 16.5. The first-order chi connectivity index (χ1) is 15.6. The summed E-state index contributed by atoms with van der Waals surface area (Å²) in [5.41, 5.74) is 1.19. The number of nitrogens with zero attached hydrogens (tertiary/aromatic N) is 3. The van der Waals surface area contributed by atoms with Gasteiger partial charge in [0.1, 0.15) is 17.6 Å². The lowest BCUT2D eigenvalue weighted by Crippen LogP contribution is -2.36. The zero-order chi connectivity index (χ0) is 22.1. The second-order valence-corrected chi connectivity index (χ2v) is 7.77. The standard InChI is InChI=1S/C24H21N3O5/c28-19(32-21(16-8-2-1-3-9-16)23(29)26-12-6-7-13-26)14-27-15-25-20-17-10-4-5-11-18(17)31-22(20)24(27)30/h1-5,8-11,15,21H,6-7,12-14H2/t21-/m0/s1. The van der Waals surface area contributed by atoms with Crippen molar-refractivity contribution in [2.75, 3.05) is 13.1 Å². The molecule has 1 saturated heterocycles. The minimum Gasteiger partial charge on any atom is -0.448 e. The maximum atomic E-state index is 13.0. The average molecular weight is 431 g/mol. The predicted molar refractivity (Wildman–Crippen MR) is 117 cm³/mol. The number of fused-ring (bicyclic) bond motifs is 3. The van der Waals surface area contributed by atoms with E-state index in [1.807, 2.05) is 24.3 Å². The Kier molecular flexibility index (Phi) is 5.18. The van der Waals surface area contributed by atoms with E-state index in [1.165, 1.54) is 6.33 Å². The lowest BCUT2D eigenvalue weighted by atomic mass is 10.1. The van der Waals surface area contributed by atoms with Crippen LogP contribution >= 0.6 is 0 Å². The Balaban J connectivity index is 1.41. The van der Waals surface area contributed by atoms with Crippen LogP contribution in [-0.2, 0) is 20.9 Å². The number of carbonyl (C=O) groups excluding carboxylic acids is 2. The highest BCUT2D eigenvalue weighted by Gasteiger charge is 2.31. The highest BCUT2D eigenvalue weighted by Crippen LogP contribution is 2.25. The number of carbonyl (C=O) groups is 2. The van der Waals surface area contributed by atoms with Crippen LogP contribution in [0.1, 0.15) is 24.5 Å². The third-order valence-electron chi connectivity index (χ3n) is 5.64. The summed E-state index contributed by atoms with van der Waals surface area (Å²) in [6, 6.07) is 16.1. The molecule has 1 fully saturated rings. The Bertz CT molecular complexity index is 1350. The Morgan fingerprint density at radius 2 is 1.75 bits per heavy atom. The molecule has 1 aliphatic rings. The predicted octanol–water partition coefficient (Wildman–Crippen LogP) is 3.05. The van der Waals surface area contributed by atoms with Gasteiger partial charge in [-0.2, -0.15) is 0 Å². The first-order valence-corrected chi connectivity index (χ1v) is 10.5. The Morgan fingerprint density at radius 3 is 2.53 bits per heavy atom. The molecule has 0 aliphatic carbocycles. The maximum absolute atomic E-state index is 13.0. The Morgan fingerprint density at radius 1 is 1.03 bits per heavy atom. The zero-order valence-corrected chi connectivity index (χ0v) is 17.3. The molecular formula is C24H21N3O5. The normalized spacial score (nSPS) is 14.7. The number of benzene rings is 2. The molecule has 0 unspecified atom stereocenters. The summed E-state index contributed by atoms with van der Waals surface area (Å²) in [7, 11) is 0. The monoisotopic (exact) mass is 431 g/mol. The number of furan rings is 1. The molecule has 3 heterocycles. The molecule has 0 saturated carbocycles. The van der Waals surface area contributed by atoms with Crippen molar-refractivity contribution in [3.8, 4) is 0 Å². The van der Waals surface area contributed by atoms with E-state index in [1.54, 1.807) is 35.2 Å². The first-order valence-electron chi connectivity index (χ1n) is 10.5. The van der Waals surface area contributed by atoms with Gasteiger partial charge in [0.2, 0.25) is 11.7 Å². The van der Waals surface area contributed by atoms with Gasteiger partial charge in [0.15, 0.2) is 0 Å². The summed E-state index contributed by atoms with van der Waals surface area (Å²) in [6.07, 6.45) is 2.10. The Hall–Kier alpha value is -3.94. The van der Waals surface area contributed by atoms with Gasteiger partial charge in [0, 0.05) is 24.0 Å². The summed E-state index contributed by atoms with van der Waals surface area (Å²) in [5.74, 6) is -0.953. The fraction of sp³-hybridized carbons (Fsp3) is 0.250. The van der Waals surface area contributed by atoms with Crippen molar-refractivity contribution >= 4 is 33.9 Å². The molecule has 162 valence electrons. The molecule has 2 aromatic carbocycles. The van der Waals surface area contributed by atoms with Crippen molar-refractivity contribution < 1.29 is 18.7 Å². The topological polar surface area (TPSA) is 94.6 Å². The molecule has 5 rings (SSSR count). The molecule has 2 aromatic heterocycles. The van der Waals surface area contributed by atoms with Gasteiger partial charge in [-0.05, 0) is 25.0 Å². The molecule has 1 aliphatic heterocycles. The second kappa shape index (κ2) is 8.30. The molecule has 4 aromatic rings. The number of hydrogen-bond acceptors (Lipinski definition) is 6. The van der Waals surface area contributed by atoms with Crippen molar-refractivity contribution in [3.63, 3.8) is 0 Å². The number of esters is 1. The number of para-hydroxylation sites is 1. The van der Waals surface area contributed by atoms with Crippen LogP contribution in [-0.4, -0.2) is 39.4 Å². The molecule has 0 spiro atoms. The van der Waals surface area contributed by atoms with Crippen molar-refractivity contribution in [2.45, 2.75) is 25.5 Å². The van der Waals surface area contributed by atoms with Crippen LogP contribution in [0.3, 0.4) is 0 Å². The fourth-order valence-electron chi connectivity index (χ4n) is 4.03. The fourth-order valence-corrected chi connectivity index (χ4v) is 4.03. The van der Waals surface area contributed by atoms with Crippen LogP contribution in [0.5, 0.6) is 0 Å². The van der Waals surface area contributed by atoms with Gasteiger partial charge in [-0.3, -0.25) is 19.0 Å². The third kappa shape index (κ3) is 3.64. The highest BCUT2D eigenvalue weighted by molar-refractivity contribution is 6.01. The summed E-state index contributed by atoms with van der Waals surface area (Å²) >= 11 is 0. The maximum Gasteiger partial charge on any atom is 0.327 e. The number of ether oxygens (including phenoxy) is 1. The van der Waals surface area contributed by atoms with Gasteiger partial charge in [0.25, 0.3) is 11.5 Å². The van der Waals surface area contributed by atoms with Crippen LogP contribution in [0, 0.1) is 0 Å². The minimum atomic E-state index is -1.06. The molecule has 8 nitrogen and oxygen atoms in total. The largest absolute Gasteiger partial charge is 0.448 e. The summed E-state index contributed by atoms with van der Waals surface area (Å²) in [6.45, 7) is 0.910. The van der Waals surface area contributed by atoms with Gasteiger partial charge < -0.3 is 14.1 Å². The van der Waals surface area contributed by atoms with Gasteiger partial charge >= 0.3 is 5.97 Å².